The van der Waals surface area contributed by atoms with Gasteiger partial charge in [0.2, 0.25) is 0 Å². The molecule has 0 radical (unpaired) electrons. The van der Waals surface area contributed by atoms with Crippen molar-refractivity contribution < 1.29 is 46.7 Å². The summed E-state index contributed by atoms with van der Waals surface area (Å²) < 4.78 is 47.6. The van der Waals surface area contributed by atoms with E-state index in [9.17, 15) is 18.9 Å². The number of phosphoric acid groups is 1. The molecule has 3 atom stereocenters. The molecule has 1 unspecified atom stereocenters. The van der Waals surface area contributed by atoms with Crippen LogP contribution in [0.3, 0.4) is 0 Å². The lowest BCUT2D eigenvalue weighted by Gasteiger charge is -2.27. The Bertz CT molecular complexity index is 1560. The van der Waals surface area contributed by atoms with Crippen LogP contribution in [0.5, 0.6) is 0 Å². The van der Waals surface area contributed by atoms with E-state index >= 15 is 0 Å². The molecule has 1 amide bonds. The maximum Gasteiger partial charge on any atom is 0.475 e. The number of rotatable bonds is 31. The van der Waals surface area contributed by atoms with Gasteiger partial charge in [-0.3, -0.25) is 18.4 Å². The fourth-order valence-electron chi connectivity index (χ4n) is 5.95. The molecule has 0 saturated carbocycles. The highest BCUT2D eigenvalue weighted by molar-refractivity contribution is 7.48. The zero-order valence-corrected chi connectivity index (χ0v) is 34.9. The van der Waals surface area contributed by atoms with Gasteiger partial charge in [0.25, 0.3) is 0 Å². The van der Waals surface area contributed by atoms with Crippen molar-refractivity contribution in [2.24, 2.45) is 0 Å². The van der Waals surface area contributed by atoms with Crippen LogP contribution in [0, 0.1) is 0 Å². The van der Waals surface area contributed by atoms with Gasteiger partial charge < -0.3 is 19.5 Å². The Morgan fingerprint density at radius 3 is 1.56 bits per heavy atom. The quantitative estimate of drug-likeness (QED) is 0.0289. The number of unbranched alkanes of at least 4 members (excludes halogenated alkanes) is 12. The van der Waals surface area contributed by atoms with Gasteiger partial charge in [0.15, 0.2) is 6.04 Å². The summed E-state index contributed by atoms with van der Waals surface area (Å²) in [6.45, 7) is 3.41. The number of alkyl carbamates (subject to hydrolysis) is 1. The van der Waals surface area contributed by atoms with Crippen LogP contribution in [0.4, 0.5) is 4.79 Å². The Morgan fingerprint density at radius 1 is 0.561 bits per heavy atom. The van der Waals surface area contributed by atoms with Crippen molar-refractivity contribution in [1.82, 2.24) is 5.32 Å². The first-order valence-electron chi connectivity index (χ1n) is 20.7. The first kappa shape index (κ1) is 47.4. The summed E-state index contributed by atoms with van der Waals surface area (Å²) in [6, 6.07) is 25.7. The summed E-state index contributed by atoms with van der Waals surface area (Å²) in [4.78, 5) is 38.7. The predicted molar refractivity (Wildman–Crippen MR) is 221 cm³/mol. The average molecular weight is 810 g/mol. The summed E-state index contributed by atoms with van der Waals surface area (Å²) in [5.41, 5.74) is 2.19. The highest BCUT2D eigenvalue weighted by Crippen LogP contribution is 2.51. The van der Waals surface area contributed by atoms with Crippen molar-refractivity contribution in [2.75, 3.05) is 13.2 Å². The molecule has 0 aromatic heterocycles. The number of carbonyl (C=O) groups excluding carboxylic acids is 3. The Balaban J connectivity index is 1.48. The summed E-state index contributed by atoms with van der Waals surface area (Å²) in [6.07, 6.45) is 14.4. The fourth-order valence-corrected chi connectivity index (χ4v) is 7.33. The molecule has 3 aromatic carbocycles. The largest absolute Gasteiger partial charge is 0.475 e. The number of esters is 2. The molecule has 0 spiro atoms. The second-order valence-corrected chi connectivity index (χ2v) is 15.8. The molecule has 0 aliphatic heterocycles. The van der Waals surface area contributed by atoms with Gasteiger partial charge >= 0.3 is 25.9 Å². The standard InChI is InChI=1S/C45H64NO10P/c1-3-4-5-6-7-8-9-10-11-12-13-14-24-32-42(47)51-33-25-34-54-57(50,55-37-41-30-22-17-23-31-41)56-38(2)43(44(48)52-35-39-26-18-15-19-27-39)46-45(49)53-36-40-28-20-16-21-29-40/h15-23,26-31,38,43H,3-14,24-25,32-37H2,1-2H3,(H,46,49)/t38-,43+,57?/m0/s1. The fraction of sp³-hybridized carbons (Fsp3) is 0.533. The van der Waals surface area contributed by atoms with E-state index in [0.29, 0.717) is 12.0 Å². The predicted octanol–water partition coefficient (Wildman–Crippen LogP) is 11.2. The Kier molecular flexibility index (Phi) is 24.3. The molecular weight excluding hydrogens is 745 g/mol. The SMILES string of the molecule is CCCCCCCCCCCCCCCC(=O)OCCCOP(=O)(OCc1ccccc1)O[C@@H](C)[C@@H](NC(=O)OCc1ccccc1)C(=O)OCc1ccccc1. The molecule has 0 bridgehead atoms. The van der Waals surface area contributed by atoms with Crippen molar-refractivity contribution >= 4 is 25.9 Å². The van der Waals surface area contributed by atoms with E-state index < -0.39 is 32.0 Å². The zero-order chi connectivity index (χ0) is 40.8. The lowest BCUT2D eigenvalue weighted by molar-refractivity contribution is -0.150. The summed E-state index contributed by atoms with van der Waals surface area (Å²) in [5, 5.41) is 2.50. The molecule has 11 nitrogen and oxygen atoms in total. The number of hydrogen-bond acceptors (Lipinski definition) is 10. The zero-order valence-electron chi connectivity index (χ0n) is 34.0. The van der Waals surface area contributed by atoms with Gasteiger partial charge in [-0.25, -0.2) is 14.2 Å². The molecule has 1 N–H and O–H groups in total. The molecule has 0 fully saturated rings. The van der Waals surface area contributed by atoms with Crippen molar-refractivity contribution in [3.63, 3.8) is 0 Å². The summed E-state index contributed by atoms with van der Waals surface area (Å²) >= 11 is 0. The van der Waals surface area contributed by atoms with Crippen LogP contribution in [0.15, 0.2) is 91.0 Å². The number of carbonyl (C=O) groups is 3. The normalized spacial score (nSPS) is 13.2. The Labute approximate surface area is 340 Å². The Hall–Kier alpha value is -4.02. The molecule has 0 heterocycles. The summed E-state index contributed by atoms with van der Waals surface area (Å²) in [7, 11) is -4.37. The van der Waals surface area contributed by atoms with Crippen LogP contribution in [0.2, 0.25) is 0 Å². The van der Waals surface area contributed by atoms with E-state index in [1.807, 2.05) is 54.6 Å². The third-order valence-electron chi connectivity index (χ3n) is 9.25. The van der Waals surface area contributed by atoms with E-state index in [1.165, 1.54) is 71.1 Å². The molecular formula is C45H64NO10P. The van der Waals surface area contributed by atoms with E-state index in [-0.39, 0.29) is 45.4 Å². The first-order chi connectivity index (χ1) is 27.8. The van der Waals surface area contributed by atoms with Crippen molar-refractivity contribution in [2.45, 2.75) is 142 Å². The maximum absolute atomic E-state index is 14.1. The van der Waals surface area contributed by atoms with E-state index in [2.05, 4.69) is 12.2 Å². The maximum atomic E-state index is 14.1. The van der Waals surface area contributed by atoms with Crippen LogP contribution < -0.4 is 5.32 Å². The molecule has 314 valence electrons. The number of hydrogen-bond donors (Lipinski definition) is 1. The minimum absolute atomic E-state index is 0.0422. The van der Waals surface area contributed by atoms with Gasteiger partial charge in [-0.2, -0.15) is 0 Å². The van der Waals surface area contributed by atoms with Crippen LogP contribution in [-0.2, 0) is 61.8 Å². The number of benzene rings is 3. The van der Waals surface area contributed by atoms with Crippen LogP contribution in [-0.4, -0.2) is 43.4 Å². The molecule has 57 heavy (non-hydrogen) atoms. The molecule has 12 heteroatoms. The highest BCUT2D eigenvalue weighted by atomic mass is 31.2. The van der Waals surface area contributed by atoms with Crippen LogP contribution >= 0.6 is 7.82 Å². The summed E-state index contributed by atoms with van der Waals surface area (Å²) in [5.74, 6) is -1.12. The minimum Gasteiger partial charge on any atom is -0.466 e. The van der Waals surface area contributed by atoms with Gasteiger partial charge in [-0.1, -0.05) is 175 Å². The average Bonchev–Trinajstić information content (AvgIpc) is 3.23. The van der Waals surface area contributed by atoms with Crippen molar-refractivity contribution in [1.29, 1.82) is 0 Å². The number of amides is 1. The smallest absolute Gasteiger partial charge is 0.466 e. The van der Waals surface area contributed by atoms with Gasteiger partial charge in [0.05, 0.1) is 25.9 Å². The molecule has 3 aromatic rings. The third kappa shape index (κ3) is 21.9. The van der Waals surface area contributed by atoms with Gasteiger partial charge in [-0.05, 0) is 30.0 Å². The van der Waals surface area contributed by atoms with Gasteiger partial charge in [-0.15, -0.1) is 0 Å². The van der Waals surface area contributed by atoms with Gasteiger partial charge in [0.1, 0.15) is 13.2 Å². The number of ether oxygens (including phenoxy) is 3. The lowest BCUT2D eigenvalue weighted by atomic mass is 10.0. The van der Waals surface area contributed by atoms with Crippen LogP contribution in [0.1, 0.15) is 127 Å². The van der Waals surface area contributed by atoms with Crippen LogP contribution in [0.25, 0.3) is 0 Å². The topological polar surface area (TPSA) is 136 Å². The van der Waals surface area contributed by atoms with Crippen molar-refractivity contribution in [3.05, 3.63) is 108 Å². The third-order valence-corrected chi connectivity index (χ3v) is 10.8. The minimum atomic E-state index is -4.37. The lowest BCUT2D eigenvalue weighted by Crippen LogP contribution is -2.49. The monoisotopic (exact) mass is 809 g/mol. The van der Waals surface area contributed by atoms with E-state index in [4.69, 9.17) is 27.8 Å². The number of phosphoric ester groups is 1. The molecule has 0 saturated heterocycles. The van der Waals surface area contributed by atoms with E-state index in [0.717, 1.165) is 30.4 Å². The second kappa shape index (κ2) is 29.2. The molecule has 3 rings (SSSR count). The first-order valence-corrected chi connectivity index (χ1v) is 22.2. The van der Waals surface area contributed by atoms with E-state index in [1.54, 1.807) is 36.4 Å². The second-order valence-electron chi connectivity index (χ2n) is 14.2. The molecule has 0 aliphatic rings. The molecule has 0 aliphatic carbocycles. The highest BCUT2D eigenvalue weighted by Gasteiger charge is 2.37. The van der Waals surface area contributed by atoms with Crippen molar-refractivity contribution in [3.8, 4) is 0 Å². The Morgan fingerprint density at radius 2 is 1.04 bits per heavy atom. The number of nitrogens with one attached hydrogen (secondary N) is 1. The van der Waals surface area contributed by atoms with Gasteiger partial charge in [0, 0.05) is 12.8 Å².